The Kier molecular flexibility index (Phi) is 5.68. The van der Waals surface area contributed by atoms with Crippen LogP contribution in [0.15, 0.2) is 23.9 Å². The summed E-state index contributed by atoms with van der Waals surface area (Å²) in [4.78, 5) is 13.2. The lowest BCUT2D eigenvalue weighted by Crippen LogP contribution is -2.22. The van der Waals surface area contributed by atoms with Crippen molar-refractivity contribution in [3.8, 4) is 0 Å². The maximum absolute atomic E-state index is 11.2. The largest absolute Gasteiger partial charge is 0.381 e. The average molecular weight is 196 g/mol. The number of nitrogens with zero attached hydrogens (tertiary/aromatic N) is 1. The Labute approximate surface area is 86.3 Å². The van der Waals surface area contributed by atoms with Crippen molar-refractivity contribution in [1.29, 1.82) is 0 Å². The second-order valence-corrected chi connectivity index (χ2v) is 3.43. The van der Waals surface area contributed by atoms with Crippen molar-refractivity contribution >= 4 is 5.91 Å². The summed E-state index contributed by atoms with van der Waals surface area (Å²) in [6, 6.07) is 0. The summed E-state index contributed by atoms with van der Waals surface area (Å²) in [6.07, 6.45) is 4.13. The Morgan fingerprint density at radius 2 is 2.07 bits per heavy atom. The molecule has 2 N–H and O–H groups in total. The van der Waals surface area contributed by atoms with Gasteiger partial charge in [0.2, 0.25) is 5.91 Å². The minimum absolute atomic E-state index is 0.345. The quantitative estimate of drug-likeness (QED) is 0.519. The summed E-state index contributed by atoms with van der Waals surface area (Å²) in [6.45, 7) is 5.70. The average Bonchev–Trinajstić information content (AvgIpc) is 2.10. The first-order valence-electron chi connectivity index (χ1n) is 4.84. The molecule has 0 aliphatic carbocycles. The molecule has 0 aromatic carbocycles. The molecule has 0 bridgehead atoms. The molecule has 80 valence electrons. The van der Waals surface area contributed by atoms with Crippen LogP contribution < -0.4 is 5.73 Å². The summed E-state index contributed by atoms with van der Waals surface area (Å²) in [5.74, 6) is -0.345. The Hall–Kier alpha value is -1.25. The standard InChI is InChI=1S/C11H20N2O/c1-5-7-9(11(12)14)10(8-6-2)13(3)4/h5H,1,6-8H2,2-4H3,(H2,12,14)/b10-9+. The highest BCUT2D eigenvalue weighted by Crippen LogP contribution is 2.16. The Morgan fingerprint density at radius 3 is 2.36 bits per heavy atom. The molecule has 0 unspecified atom stereocenters. The minimum Gasteiger partial charge on any atom is -0.381 e. The number of hydrogen-bond acceptors (Lipinski definition) is 2. The molecule has 3 heteroatoms. The second kappa shape index (κ2) is 6.24. The number of rotatable bonds is 6. The van der Waals surface area contributed by atoms with Gasteiger partial charge in [0, 0.05) is 25.4 Å². The summed E-state index contributed by atoms with van der Waals surface area (Å²) in [5.41, 5.74) is 7.01. The zero-order chi connectivity index (χ0) is 11.1. The Bertz CT molecular complexity index is 242. The highest BCUT2D eigenvalue weighted by Gasteiger charge is 2.11. The van der Waals surface area contributed by atoms with Gasteiger partial charge in [-0.1, -0.05) is 19.4 Å². The van der Waals surface area contributed by atoms with E-state index in [0.717, 1.165) is 18.5 Å². The van der Waals surface area contributed by atoms with E-state index in [1.165, 1.54) is 0 Å². The lowest BCUT2D eigenvalue weighted by atomic mass is 10.1. The Balaban J connectivity index is 5.02. The highest BCUT2D eigenvalue weighted by atomic mass is 16.1. The van der Waals surface area contributed by atoms with Gasteiger partial charge in [0.15, 0.2) is 0 Å². The smallest absolute Gasteiger partial charge is 0.246 e. The van der Waals surface area contributed by atoms with E-state index in [9.17, 15) is 4.79 Å². The van der Waals surface area contributed by atoms with Gasteiger partial charge in [-0.25, -0.2) is 0 Å². The molecule has 0 atom stereocenters. The third-order valence-electron chi connectivity index (χ3n) is 2.02. The maximum Gasteiger partial charge on any atom is 0.246 e. The fourth-order valence-electron chi connectivity index (χ4n) is 1.39. The SMILES string of the molecule is C=CC/C(C(N)=O)=C(/CCC)N(C)C. The molecule has 0 saturated carbocycles. The topological polar surface area (TPSA) is 46.3 Å². The molecule has 0 aliphatic rings. The Morgan fingerprint density at radius 1 is 1.50 bits per heavy atom. The molecule has 14 heavy (non-hydrogen) atoms. The number of amides is 1. The van der Waals surface area contributed by atoms with Crippen LogP contribution in [0.5, 0.6) is 0 Å². The molecule has 1 amide bonds. The molecular weight excluding hydrogens is 176 g/mol. The zero-order valence-electron chi connectivity index (χ0n) is 9.34. The van der Waals surface area contributed by atoms with Crippen LogP contribution in [-0.2, 0) is 4.79 Å². The number of carbonyl (C=O) groups is 1. The third-order valence-corrected chi connectivity index (χ3v) is 2.02. The van der Waals surface area contributed by atoms with Crippen LogP contribution in [0.2, 0.25) is 0 Å². The first-order valence-corrected chi connectivity index (χ1v) is 4.84. The second-order valence-electron chi connectivity index (χ2n) is 3.43. The molecule has 0 spiro atoms. The van der Waals surface area contributed by atoms with Gasteiger partial charge in [-0.2, -0.15) is 0 Å². The lowest BCUT2D eigenvalue weighted by Gasteiger charge is -2.20. The van der Waals surface area contributed by atoms with Gasteiger partial charge < -0.3 is 10.6 Å². The summed E-state index contributed by atoms with van der Waals surface area (Å²) < 4.78 is 0. The number of hydrogen-bond donors (Lipinski definition) is 1. The van der Waals surface area contributed by atoms with Crippen molar-refractivity contribution in [2.45, 2.75) is 26.2 Å². The van der Waals surface area contributed by atoms with E-state index in [1.807, 2.05) is 19.0 Å². The first kappa shape index (κ1) is 12.8. The normalized spacial score (nSPS) is 11.9. The maximum atomic E-state index is 11.2. The van der Waals surface area contributed by atoms with Crippen molar-refractivity contribution in [2.24, 2.45) is 5.73 Å². The van der Waals surface area contributed by atoms with Gasteiger partial charge in [0.05, 0.1) is 0 Å². The minimum atomic E-state index is -0.345. The summed E-state index contributed by atoms with van der Waals surface area (Å²) >= 11 is 0. The zero-order valence-corrected chi connectivity index (χ0v) is 9.34. The molecule has 0 fully saturated rings. The van der Waals surface area contributed by atoms with Crippen LogP contribution in [0.25, 0.3) is 0 Å². The molecule has 0 aromatic rings. The van der Waals surface area contributed by atoms with Crippen LogP contribution in [0.1, 0.15) is 26.2 Å². The molecule has 0 aliphatic heterocycles. The van der Waals surface area contributed by atoms with Gasteiger partial charge in [0.1, 0.15) is 0 Å². The van der Waals surface area contributed by atoms with E-state index in [4.69, 9.17) is 5.73 Å². The molecule has 0 heterocycles. The molecule has 0 radical (unpaired) electrons. The monoisotopic (exact) mass is 196 g/mol. The van der Waals surface area contributed by atoms with Crippen molar-refractivity contribution in [1.82, 2.24) is 4.90 Å². The highest BCUT2D eigenvalue weighted by molar-refractivity contribution is 5.92. The van der Waals surface area contributed by atoms with Gasteiger partial charge in [-0.15, -0.1) is 6.58 Å². The van der Waals surface area contributed by atoms with Gasteiger partial charge in [-0.3, -0.25) is 4.79 Å². The molecule has 0 saturated heterocycles. The molecule has 0 rings (SSSR count). The molecule has 3 nitrogen and oxygen atoms in total. The van der Waals surface area contributed by atoms with Crippen LogP contribution in [0.3, 0.4) is 0 Å². The van der Waals surface area contributed by atoms with Gasteiger partial charge >= 0.3 is 0 Å². The van der Waals surface area contributed by atoms with E-state index < -0.39 is 0 Å². The van der Waals surface area contributed by atoms with Crippen molar-refractivity contribution < 1.29 is 4.79 Å². The summed E-state index contributed by atoms with van der Waals surface area (Å²) in [5, 5.41) is 0. The predicted molar refractivity (Wildman–Crippen MR) is 59.6 cm³/mol. The number of allylic oxidation sites excluding steroid dienone is 2. The number of nitrogens with two attached hydrogens (primary N) is 1. The van der Waals surface area contributed by atoms with E-state index in [1.54, 1.807) is 6.08 Å². The van der Waals surface area contributed by atoms with Crippen LogP contribution in [0.4, 0.5) is 0 Å². The van der Waals surface area contributed by atoms with Crippen molar-refractivity contribution in [3.63, 3.8) is 0 Å². The fourth-order valence-corrected chi connectivity index (χ4v) is 1.39. The summed E-state index contributed by atoms with van der Waals surface area (Å²) in [7, 11) is 3.86. The fraction of sp³-hybridized carbons (Fsp3) is 0.545. The molecular formula is C11H20N2O. The van der Waals surface area contributed by atoms with Gasteiger partial charge in [0.25, 0.3) is 0 Å². The van der Waals surface area contributed by atoms with Crippen molar-refractivity contribution in [3.05, 3.63) is 23.9 Å². The predicted octanol–water partition coefficient (Wildman–Crippen LogP) is 1.66. The van der Waals surface area contributed by atoms with Crippen LogP contribution >= 0.6 is 0 Å². The van der Waals surface area contributed by atoms with Crippen molar-refractivity contribution in [2.75, 3.05) is 14.1 Å². The van der Waals surface area contributed by atoms with Crippen LogP contribution in [0, 0.1) is 0 Å². The number of carbonyl (C=O) groups excluding carboxylic acids is 1. The van der Waals surface area contributed by atoms with E-state index in [-0.39, 0.29) is 5.91 Å². The van der Waals surface area contributed by atoms with E-state index in [2.05, 4.69) is 13.5 Å². The van der Waals surface area contributed by atoms with Gasteiger partial charge in [-0.05, 0) is 12.8 Å². The first-order chi connectivity index (χ1) is 6.54. The van der Waals surface area contributed by atoms with Crippen LogP contribution in [-0.4, -0.2) is 24.9 Å². The van der Waals surface area contributed by atoms with E-state index >= 15 is 0 Å². The lowest BCUT2D eigenvalue weighted by molar-refractivity contribution is -0.114. The molecule has 0 aromatic heterocycles. The number of primary amides is 1. The van der Waals surface area contributed by atoms with E-state index in [0.29, 0.717) is 12.0 Å². The third kappa shape index (κ3) is 3.64.